The number of fused-ring (bicyclic) bond motifs is 3. The molecule has 10 nitrogen and oxygen atoms in total. The molecule has 2 aliphatic heterocycles. The molecule has 228 valence electrons. The van der Waals surface area contributed by atoms with Gasteiger partial charge in [-0.05, 0) is 63.3 Å². The monoisotopic (exact) mass is 603 g/mol. The van der Waals surface area contributed by atoms with Gasteiger partial charge in [0.25, 0.3) is 0 Å². The Morgan fingerprint density at radius 2 is 1.74 bits per heavy atom. The zero-order valence-corrected chi connectivity index (χ0v) is 26.1. The number of hydrogen-bond acceptors (Lipinski definition) is 9. The standard InChI is InChI=1S/C32H41N7O3S/c1-20-18-38(19-21(2)43(20,40)41)28-11-10-26-29-27(16-25(17-35-29)30(22(3)33)37(4)34)39(32(26)36-28)31(23-8-6-5-7-9-23)24-12-14-42-15-13-24/h5-11,16-17,20-21,24,31H,12-15,18-19,33-34H2,1-4H3/b30-22-/t20?,21?,31-/m1/s1. The van der Waals surface area contributed by atoms with Crippen molar-refractivity contribution >= 4 is 43.4 Å². The molecule has 0 radical (unpaired) electrons. The molecule has 0 bridgehead atoms. The van der Waals surface area contributed by atoms with E-state index < -0.39 is 20.3 Å². The highest BCUT2D eigenvalue weighted by Gasteiger charge is 2.37. The topological polar surface area (TPSA) is 133 Å². The van der Waals surface area contributed by atoms with Crippen LogP contribution in [0.5, 0.6) is 0 Å². The summed E-state index contributed by atoms with van der Waals surface area (Å²) in [5.41, 5.74) is 12.2. The lowest BCUT2D eigenvalue weighted by molar-refractivity contribution is 0.0552. The fraction of sp³-hybridized carbons (Fsp3) is 0.438. The number of aromatic nitrogens is 3. The van der Waals surface area contributed by atoms with Crippen molar-refractivity contribution < 1.29 is 13.2 Å². The van der Waals surface area contributed by atoms with Crippen LogP contribution in [0.3, 0.4) is 0 Å². The van der Waals surface area contributed by atoms with Gasteiger partial charge in [0.1, 0.15) is 11.5 Å². The molecule has 6 rings (SSSR count). The molecule has 2 aliphatic rings. The molecule has 0 spiro atoms. The molecular weight excluding hydrogens is 562 g/mol. The summed E-state index contributed by atoms with van der Waals surface area (Å²) in [4.78, 5) is 12.4. The molecule has 2 fully saturated rings. The maximum absolute atomic E-state index is 12.8. The van der Waals surface area contributed by atoms with Crippen molar-refractivity contribution in [2.75, 3.05) is 38.3 Å². The Morgan fingerprint density at radius 3 is 2.37 bits per heavy atom. The number of rotatable bonds is 6. The minimum atomic E-state index is -3.17. The zero-order chi connectivity index (χ0) is 30.5. The van der Waals surface area contributed by atoms with Crippen LogP contribution in [0.2, 0.25) is 0 Å². The second-order valence-corrected chi connectivity index (χ2v) is 14.9. The third-order valence-corrected chi connectivity index (χ3v) is 11.5. The quantitative estimate of drug-likeness (QED) is 0.247. The van der Waals surface area contributed by atoms with E-state index in [1.807, 2.05) is 25.3 Å². The average molecular weight is 604 g/mol. The van der Waals surface area contributed by atoms with Gasteiger partial charge in [-0.15, -0.1) is 0 Å². The van der Waals surface area contributed by atoms with Crippen LogP contribution in [0.4, 0.5) is 5.82 Å². The molecule has 5 heterocycles. The van der Waals surface area contributed by atoms with E-state index in [9.17, 15) is 8.42 Å². The van der Waals surface area contributed by atoms with Crippen LogP contribution < -0.4 is 16.5 Å². The molecule has 0 amide bonds. The van der Waals surface area contributed by atoms with Crippen LogP contribution in [0, 0.1) is 5.92 Å². The van der Waals surface area contributed by atoms with E-state index in [4.69, 9.17) is 26.3 Å². The summed E-state index contributed by atoms with van der Waals surface area (Å²) in [6, 6.07) is 16.7. The molecule has 1 aromatic carbocycles. The minimum Gasteiger partial charge on any atom is -0.401 e. The SMILES string of the molecule is C/C(N)=C(\c1cnc2c3ccc(N4CC(C)S(=O)(=O)C(C)C4)nc3n([C@H](c3ccccc3)C3CCOCC3)c2c1)N(C)N. The number of hydrogen-bond donors (Lipinski definition) is 2. The van der Waals surface area contributed by atoms with E-state index in [-0.39, 0.29) is 6.04 Å². The molecule has 2 saturated heterocycles. The van der Waals surface area contributed by atoms with Crippen molar-refractivity contribution in [1.82, 2.24) is 19.5 Å². The van der Waals surface area contributed by atoms with Gasteiger partial charge in [0.05, 0.1) is 33.3 Å². The number of allylic oxidation sites excluding steroid dienone is 1. The van der Waals surface area contributed by atoms with E-state index in [0.717, 1.165) is 46.3 Å². The molecule has 3 atom stereocenters. The van der Waals surface area contributed by atoms with E-state index >= 15 is 0 Å². The van der Waals surface area contributed by atoms with Gasteiger partial charge in [0.15, 0.2) is 9.84 Å². The third kappa shape index (κ3) is 5.23. The first-order valence-corrected chi connectivity index (χ1v) is 16.5. The lowest BCUT2D eigenvalue weighted by atomic mass is 9.86. The van der Waals surface area contributed by atoms with Crippen molar-refractivity contribution in [1.29, 1.82) is 0 Å². The summed E-state index contributed by atoms with van der Waals surface area (Å²) in [5, 5.41) is 1.53. The average Bonchev–Trinajstić information content (AvgIpc) is 3.29. The van der Waals surface area contributed by atoms with E-state index in [1.54, 1.807) is 20.9 Å². The van der Waals surface area contributed by atoms with Gasteiger partial charge >= 0.3 is 0 Å². The molecule has 4 N–H and O–H groups in total. The zero-order valence-electron chi connectivity index (χ0n) is 25.3. The first-order valence-electron chi connectivity index (χ1n) is 14.9. The summed E-state index contributed by atoms with van der Waals surface area (Å²) < 4.78 is 33.7. The smallest absolute Gasteiger partial charge is 0.158 e. The predicted octanol–water partition coefficient (Wildman–Crippen LogP) is 4.07. The summed E-state index contributed by atoms with van der Waals surface area (Å²) >= 11 is 0. The largest absolute Gasteiger partial charge is 0.401 e. The number of sulfone groups is 1. The summed E-state index contributed by atoms with van der Waals surface area (Å²) in [6.45, 7) is 7.64. The molecule has 0 aliphatic carbocycles. The Bertz CT molecular complexity index is 1760. The Morgan fingerprint density at radius 1 is 1.07 bits per heavy atom. The van der Waals surface area contributed by atoms with Gasteiger partial charge in [-0.1, -0.05) is 30.3 Å². The lowest BCUT2D eigenvalue weighted by Gasteiger charge is -2.36. The number of anilines is 1. The van der Waals surface area contributed by atoms with Crippen molar-refractivity contribution in [3.05, 3.63) is 71.6 Å². The minimum absolute atomic E-state index is 0.0218. The maximum Gasteiger partial charge on any atom is 0.158 e. The van der Waals surface area contributed by atoms with E-state index in [1.165, 1.54) is 10.6 Å². The Kier molecular flexibility index (Phi) is 7.82. The van der Waals surface area contributed by atoms with Crippen LogP contribution in [0.15, 0.2) is 60.4 Å². The summed E-state index contributed by atoms with van der Waals surface area (Å²) in [5.74, 6) is 7.31. The van der Waals surface area contributed by atoms with Crippen LogP contribution in [0.25, 0.3) is 27.8 Å². The first kappa shape index (κ1) is 29.4. The second-order valence-electron chi connectivity index (χ2n) is 12.1. The van der Waals surface area contributed by atoms with Crippen LogP contribution in [-0.4, -0.2) is 71.8 Å². The number of benzene rings is 1. The van der Waals surface area contributed by atoms with Crippen LogP contribution >= 0.6 is 0 Å². The highest BCUT2D eigenvalue weighted by molar-refractivity contribution is 7.92. The highest BCUT2D eigenvalue weighted by Crippen LogP contribution is 2.41. The van der Waals surface area contributed by atoms with Gasteiger partial charge in [-0.3, -0.25) is 4.98 Å². The highest BCUT2D eigenvalue weighted by atomic mass is 32.2. The number of nitrogens with zero attached hydrogens (tertiary/aromatic N) is 5. The third-order valence-electron chi connectivity index (χ3n) is 9.00. The molecule has 0 saturated carbocycles. The predicted molar refractivity (Wildman–Crippen MR) is 172 cm³/mol. The van der Waals surface area contributed by atoms with Crippen molar-refractivity contribution in [2.45, 2.75) is 50.2 Å². The van der Waals surface area contributed by atoms with Gasteiger partial charge in [0.2, 0.25) is 0 Å². The Hall–Kier alpha value is -3.67. The second kappa shape index (κ2) is 11.4. The summed E-state index contributed by atoms with van der Waals surface area (Å²) in [7, 11) is -1.40. The van der Waals surface area contributed by atoms with Crippen LogP contribution in [-0.2, 0) is 14.6 Å². The lowest BCUT2D eigenvalue weighted by Crippen LogP contribution is -2.50. The fourth-order valence-electron chi connectivity index (χ4n) is 6.86. The first-order chi connectivity index (χ1) is 20.6. The molecule has 11 heteroatoms. The molecular formula is C32H41N7O3S. The van der Waals surface area contributed by atoms with Crippen molar-refractivity contribution in [3.8, 4) is 0 Å². The van der Waals surface area contributed by atoms with Gasteiger partial charge in [0, 0.05) is 56.2 Å². The van der Waals surface area contributed by atoms with Crippen LogP contribution in [0.1, 0.15) is 50.8 Å². The van der Waals surface area contributed by atoms with Gasteiger partial charge in [-0.25, -0.2) is 19.2 Å². The van der Waals surface area contributed by atoms with Crippen molar-refractivity contribution in [2.24, 2.45) is 17.5 Å². The number of pyridine rings is 2. The normalized spacial score (nSPS) is 22.5. The number of nitrogens with two attached hydrogens (primary N) is 2. The summed E-state index contributed by atoms with van der Waals surface area (Å²) in [6.07, 6.45) is 3.66. The Labute approximate surface area is 253 Å². The van der Waals surface area contributed by atoms with E-state index in [0.29, 0.717) is 43.6 Å². The molecule has 2 unspecified atom stereocenters. The molecule has 4 aromatic rings. The number of hydrazine groups is 1. The Balaban J connectivity index is 1.62. The van der Waals surface area contributed by atoms with Gasteiger partial charge in [-0.2, -0.15) is 0 Å². The van der Waals surface area contributed by atoms with Crippen molar-refractivity contribution in [3.63, 3.8) is 0 Å². The van der Waals surface area contributed by atoms with E-state index in [2.05, 4.69) is 45.9 Å². The maximum atomic E-state index is 12.8. The van der Waals surface area contributed by atoms with Gasteiger partial charge < -0.3 is 24.9 Å². The number of ether oxygens (including phenoxy) is 1. The fourth-order valence-corrected chi connectivity index (χ4v) is 8.43. The molecule has 3 aromatic heterocycles. The molecule has 43 heavy (non-hydrogen) atoms.